The largest absolute Gasteiger partial charge is 0.309 e. The minimum absolute atomic E-state index is 0.490. The molecule has 426 valence electrons. The van der Waals surface area contributed by atoms with Gasteiger partial charge in [-0.05, 0) is 36.4 Å². The van der Waals surface area contributed by atoms with Crippen LogP contribution in [-0.2, 0) is 0 Å². The van der Waals surface area contributed by atoms with Gasteiger partial charge in [0.25, 0.3) is 0 Å². The van der Waals surface area contributed by atoms with Crippen molar-refractivity contribution in [3.8, 4) is 142 Å². The van der Waals surface area contributed by atoms with Crippen LogP contribution in [0.5, 0.6) is 0 Å². The van der Waals surface area contributed by atoms with Crippen LogP contribution in [0.15, 0.2) is 303 Å². The highest BCUT2D eigenvalue weighted by atomic mass is 15.1. The van der Waals surface area contributed by atoms with Crippen LogP contribution in [0.1, 0.15) is 0 Å². The van der Waals surface area contributed by atoms with Gasteiger partial charge < -0.3 is 4.57 Å². The van der Waals surface area contributed by atoms with E-state index in [0.717, 1.165) is 99.9 Å². The second-order valence-corrected chi connectivity index (χ2v) is 21.8. The van der Waals surface area contributed by atoms with E-state index in [9.17, 15) is 0 Å². The van der Waals surface area contributed by atoms with Gasteiger partial charge in [0.2, 0.25) is 0 Å². The van der Waals surface area contributed by atoms with Crippen LogP contribution in [0, 0.1) is 0 Å². The SMILES string of the molecule is c1ccc(-c2cc(-c3cc(-c4nc(-c5ccccc5)nc(-c5ccccc5)n4)ccc3-n3c4cc(-c5nc(-c6ccccc6)nc(-c6ccccc6)n5)ccc4c4ccc(-c5nc(-c6ccccc6)nc(-c6ccccc6)n5)cc43)nc(-c3ccccc3)n2)cc1. The first-order chi connectivity index (χ1) is 45.1. The van der Waals surface area contributed by atoms with Gasteiger partial charge in [-0.25, -0.2) is 54.8 Å². The predicted molar refractivity (Wildman–Crippen MR) is 362 cm³/mol. The van der Waals surface area contributed by atoms with Crippen LogP contribution < -0.4 is 0 Å². The van der Waals surface area contributed by atoms with E-state index < -0.39 is 0 Å². The van der Waals surface area contributed by atoms with Crippen LogP contribution >= 0.6 is 0 Å². The molecular formula is C79H50N12. The van der Waals surface area contributed by atoms with Crippen molar-refractivity contribution >= 4 is 21.8 Å². The van der Waals surface area contributed by atoms with Gasteiger partial charge in [-0.3, -0.25) is 0 Å². The zero-order chi connectivity index (χ0) is 60.5. The summed E-state index contributed by atoms with van der Waals surface area (Å²) in [6.45, 7) is 0. The average molecular weight is 1170 g/mol. The second-order valence-electron chi connectivity index (χ2n) is 21.8. The lowest BCUT2D eigenvalue weighted by molar-refractivity contribution is 1.07. The number of nitrogens with zero attached hydrogens (tertiary/aromatic N) is 12. The van der Waals surface area contributed by atoms with Crippen LogP contribution in [0.2, 0.25) is 0 Å². The van der Waals surface area contributed by atoms with Crippen molar-refractivity contribution in [3.05, 3.63) is 303 Å². The van der Waals surface area contributed by atoms with Crippen LogP contribution in [0.4, 0.5) is 0 Å². The maximum absolute atomic E-state index is 5.55. The fourth-order valence-electron chi connectivity index (χ4n) is 11.5. The van der Waals surface area contributed by atoms with Crippen molar-refractivity contribution in [2.24, 2.45) is 0 Å². The molecule has 5 aromatic heterocycles. The Hall–Kier alpha value is -12.7. The van der Waals surface area contributed by atoms with E-state index in [1.165, 1.54) is 0 Å². The Morgan fingerprint density at radius 3 is 0.725 bits per heavy atom. The number of hydrogen-bond donors (Lipinski definition) is 0. The molecule has 91 heavy (non-hydrogen) atoms. The Bertz CT molecular complexity index is 4900. The fourth-order valence-corrected chi connectivity index (χ4v) is 11.5. The van der Waals surface area contributed by atoms with Crippen LogP contribution in [-0.4, -0.2) is 59.4 Å². The highest BCUT2D eigenvalue weighted by molar-refractivity contribution is 6.11. The number of hydrogen-bond acceptors (Lipinski definition) is 11. The molecule has 12 nitrogen and oxygen atoms in total. The van der Waals surface area contributed by atoms with Gasteiger partial charge in [0.05, 0.1) is 28.1 Å². The zero-order valence-electron chi connectivity index (χ0n) is 48.7. The van der Waals surface area contributed by atoms with E-state index >= 15 is 0 Å². The highest BCUT2D eigenvalue weighted by Gasteiger charge is 2.24. The molecule has 0 radical (unpaired) electrons. The summed E-state index contributed by atoms with van der Waals surface area (Å²) in [6, 6.07) is 102. The Balaban J connectivity index is 0.994. The summed E-state index contributed by atoms with van der Waals surface area (Å²) in [5.41, 5.74) is 14.1. The molecule has 0 atom stereocenters. The monoisotopic (exact) mass is 1170 g/mol. The zero-order valence-corrected chi connectivity index (χ0v) is 48.7. The molecule has 16 rings (SSSR count). The molecule has 11 aromatic carbocycles. The van der Waals surface area contributed by atoms with Gasteiger partial charge in [0, 0.05) is 77.5 Å². The van der Waals surface area contributed by atoms with E-state index in [-0.39, 0.29) is 0 Å². The molecule has 0 aliphatic heterocycles. The molecule has 16 aromatic rings. The summed E-state index contributed by atoms with van der Waals surface area (Å²) in [5, 5.41) is 1.98. The van der Waals surface area contributed by atoms with Crippen LogP contribution in [0.3, 0.4) is 0 Å². The van der Waals surface area contributed by atoms with E-state index in [1.807, 2.05) is 231 Å². The Kier molecular flexibility index (Phi) is 13.9. The number of benzene rings is 11. The quantitative estimate of drug-likeness (QED) is 0.109. The van der Waals surface area contributed by atoms with Gasteiger partial charge in [0.1, 0.15) is 0 Å². The molecule has 0 saturated carbocycles. The lowest BCUT2D eigenvalue weighted by atomic mass is 10.0. The minimum Gasteiger partial charge on any atom is -0.309 e. The number of rotatable bonds is 13. The highest BCUT2D eigenvalue weighted by Crippen LogP contribution is 2.42. The molecule has 0 unspecified atom stereocenters. The van der Waals surface area contributed by atoms with Crippen molar-refractivity contribution in [2.45, 2.75) is 0 Å². The first kappa shape index (κ1) is 53.8. The normalized spacial score (nSPS) is 11.3. The number of fused-ring (bicyclic) bond motifs is 3. The minimum atomic E-state index is 0.490. The Labute approximate surface area is 523 Å². The van der Waals surface area contributed by atoms with Gasteiger partial charge in [0.15, 0.2) is 58.2 Å². The Morgan fingerprint density at radius 1 is 0.176 bits per heavy atom. The van der Waals surface area contributed by atoms with Crippen molar-refractivity contribution in [2.75, 3.05) is 0 Å². The lowest BCUT2D eigenvalue weighted by Crippen LogP contribution is -2.04. The molecule has 0 saturated heterocycles. The molecule has 12 heteroatoms. The average Bonchev–Trinajstić information content (AvgIpc) is 1.62. The lowest BCUT2D eigenvalue weighted by Gasteiger charge is -2.17. The molecule has 0 spiro atoms. The van der Waals surface area contributed by atoms with E-state index in [1.54, 1.807) is 0 Å². The topological polar surface area (TPSA) is 147 Å². The third-order valence-electron chi connectivity index (χ3n) is 16.0. The fraction of sp³-hybridized carbons (Fsp3) is 0. The van der Waals surface area contributed by atoms with Crippen molar-refractivity contribution < 1.29 is 0 Å². The standard InChI is InChI=1S/C79H50N12/c1-9-25-51(26-10-1)65-50-66(81-70(80-65)52-27-11-2-12-28-52)64-47-59(77-85-71(53-29-13-3-14-30-53)82-72(86-77)54-31-15-4-16-32-54)43-46-67(64)91-68-48-60(78-87-73(55-33-17-5-18-34-55)83-74(88-78)56-35-19-6-20-36-56)41-44-62(68)63-45-42-61(49-69(63)91)79-89-75(57-37-21-7-22-38-57)84-76(90-79)58-39-23-8-24-40-58/h1-50H. The Morgan fingerprint density at radius 2 is 0.418 bits per heavy atom. The van der Waals surface area contributed by atoms with Crippen LogP contribution in [0.25, 0.3) is 164 Å². The molecule has 0 N–H and O–H groups in total. The molecule has 5 heterocycles. The third-order valence-corrected chi connectivity index (χ3v) is 16.0. The van der Waals surface area contributed by atoms with Gasteiger partial charge in [-0.2, -0.15) is 0 Å². The van der Waals surface area contributed by atoms with Crippen molar-refractivity contribution in [1.82, 2.24) is 59.4 Å². The molecule has 0 aliphatic rings. The third kappa shape index (κ3) is 10.7. The smallest absolute Gasteiger partial charge is 0.164 e. The maximum atomic E-state index is 5.55. The van der Waals surface area contributed by atoms with E-state index in [4.69, 9.17) is 54.8 Å². The predicted octanol–water partition coefficient (Wildman–Crippen LogP) is 18.1. The first-order valence-electron chi connectivity index (χ1n) is 29.9. The van der Waals surface area contributed by atoms with Crippen molar-refractivity contribution in [3.63, 3.8) is 0 Å². The molecule has 0 aliphatic carbocycles. The van der Waals surface area contributed by atoms with Gasteiger partial charge in [-0.1, -0.05) is 267 Å². The molecule has 0 fully saturated rings. The molecule has 0 bridgehead atoms. The summed E-state index contributed by atoms with van der Waals surface area (Å²) >= 11 is 0. The summed E-state index contributed by atoms with van der Waals surface area (Å²) < 4.78 is 2.32. The van der Waals surface area contributed by atoms with Gasteiger partial charge in [-0.15, -0.1) is 0 Å². The maximum Gasteiger partial charge on any atom is 0.164 e. The summed E-state index contributed by atoms with van der Waals surface area (Å²) in [7, 11) is 0. The first-order valence-corrected chi connectivity index (χ1v) is 29.9. The summed E-state index contributed by atoms with van der Waals surface area (Å²) in [5.74, 6) is 5.43. The number of aromatic nitrogens is 12. The summed E-state index contributed by atoms with van der Waals surface area (Å²) in [6.07, 6.45) is 0. The van der Waals surface area contributed by atoms with E-state index in [2.05, 4.69) is 77.4 Å². The second kappa shape index (κ2) is 23.5. The summed E-state index contributed by atoms with van der Waals surface area (Å²) in [4.78, 5) is 57.5. The van der Waals surface area contributed by atoms with Crippen molar-refractivity contribution in [1.29, 1.82) is 0 Å². The van der Waals surface area contributed by atoms with Gasteiger partial charge >= 0.3 is 0 Å². The molecular weight excluding hydrogens is 1120 g/mol. The molecule has 0 amide bonds. The van der Waals surface area contributed by atoms with E-state index in [0.29, 0.717) is 63.9 Å².